The van der Waals surface area contributed by atoms with Crippen molar-refractivity contribution in [3.8, 4) is 0 Å². The first kappa shape index (κ1) is 21.4. The largest absolute Gasteiger partial charge is 0.344 e. The highest BCUT2D eigenvalue weighted by Gasteiger charge is 2.22. The highest BCUT2D eigenvalue weighted by Crippen LogP contribution is 2.21. The van der Waals surface area contributed by atoms with Crippen LogP contribution in [0.1, 0.15) is 68.3 Å². The van der Waals surface area contributed by atoms with E-state index in [9.17, 15) is 14.4 Å². The summed E-state index contributed by atoms with van der Waals surface area (Å²) in [6.45, 7) is 10.0. The second-order valence-electron chi connectivity index (χ2n) is 8.16. The molecule has 0 aliphatic rings. The minimum Gasteiger partial charge on any atom is -0.344 e. The SMILES string of the molecule is CC(C)Cn1c(=O)[nH]c(=O)c2c(C(=O)NC(C)c3ccccn3)cc(C(C)C)nc21. The zero-order valence-electron chi connectivity index (χ0n) is 17.9. The van der Waals surface area contributed by atoms with Gasteiger partial charge in [-0.15, -0.1) is 0 Å². The van der Waals surface area contributed by atoms with Crippen LogP contribution in [0.15, 0.2) is 40.1 Å². The molecule has 3 aromatic heterocycles. The summed E-state index contributed by atoms with van der Waals surface area (Å²) in [7, 11) is 0. The molecule has 158 valence electrons. The van der Waals surface area contributed by atoms with Crippen LogP contribution >= 0.6 is 0 Å². The van der Waals surface area contributed by atoms with E-state index in [1.165, 1.54) is 4.57 Å². The first-order valence-electron chi connectivity index (χ1n) is 10.1. The van der Waals surface area contributed by atoms with E-state index in [-0.39, 0.29) is 34.5 Å². The summed E-state index contributed by atoms with van der Waals surface area (Å²) in [4.78, 5) is 49.5. The third-order valence-corrected chi connectivity index (χ3v) is 4.83. The number of nitrogens with zero attached hydrogens (tertiary/aromatic N) is 3. The van der Waals surface area contributed by atoms with Crippen molar-refractivity contribution in [1.29, 1.82) is 0 Å². The normalized spacial score (nSPS) is 12.5. The number of aromatic nitrogens is 4. The van der Waals surface area contributed by atoms with Gasteiger partial charge in [-0.1, -0.05) is 33.8 Å². The quantitative estimate of drug-likeness (QED) is 0.650. The number of rotatable bonds is 6. The molecule has 1 atom stereocenters. The highest BCUT2D eigenvalue weighted by molar-refractivity contribution is 6.05. The molecule has 3 aromatic rings. The maximum Gasteiger partial charge on any atom is 0.330 e. The molecule has 0 radical (unpaired) electrons. The Labute approximate surface area is 174 Å². The summed E-state index contributed by atoms with van der Waals surface area (Å²) >= 11 is 0. The fourth-order valence-corrected chi connectivity index (χ4v) is 3.28. The first-order chi connectivity index (χ1) is 14.2. The van der Waals surface area contributed by atoms with Gasteiger partial charge in [0.05, 0.1) is 22.7 Å². The van der Waals surface area contributed by atoms with Crippen molar-refractivity contribution in [1.82, 2.24) is 24.8 Å². The Hall–Kier alpha value is -3.29. The summed E-state index contributed by atoms with van der Waals surface area (Å²) < 4.78 is 1.44. The Bertz CT molecular complexity index is 1180. The average Bonchev–Trinajstić information content (AvgIpc) is 2.70. The van der Waals surface area contributed by atoms with Crippen LogP contribution in [0.4, 0.5) is 0 Å². The first-order valence-corrected chi connectivity index (χ1v) is 10.1. The molecule has 0 aliphatic heterocycles. The number of carbonyl (C=O) groups is 1. The monoisotopic (exact) mass is 409 g/mol. The van der Waals surface area contributed by atoms with Gasteiger partial charge in [0.25, 0.3) is 11.5 Å². The summed E-state index contributed by atoms with van der Waals surface area (Å²) in [6.07, 6.45) is 1.66. The summed E-state index contributed by atoms with van der Waals surface area (Å²) in [5.74, 6) is -0.249. The van der Waals surface area contributed by atoms with Gasteiger partial charge in [-0.3, -0.25) is 24.1 Å². The van der Waals surface area contributed by atoms with Crippen LogP contribution in [-0.2, 0) is 6.54 Å². The van der Waals surface area contributed by atoms with Crippen molar-refractivity contribution in [3.63, 3.8) is 0 Å². The molecule has 8 nitrogen and oxygen atoms in total. The molecule has 8 heteroatoms. The van der Waals surface area contributed by atoms with Gasteiger partial charge in [0.1, 0.15) is 0 Å². The summed E-state index contributed by atoms with van der Waals surface area (Å²) in [5.41, 5.74) is 0.639. The molecule has 0 spiro atoms. The topological polar surface area (TPSA) is 110 Å². The Balaban J connectivity index is 2.19. The number of aromatic amines is 1. The number of carbonyl (C=O) groups excluding carboxylic acids is 1. The van der Waals surface area contributed by atoms with E-state index in [0.717, 1.165) is 0 Å². The predicted molar refractivity (Wildman–Crippen MR) is 116 cm³/mol. The Morgan fingerprint density at radius 2 is 1.87 bits per heavy atom. The van der Waals surface area contributed by atoms with Gasteiger partial charge in [-0.05, 0) is 37.0 Å². The molecule has 1 amide bonds. The Kier molecular flexibility index (Phi) is 6.14. The molecule has 3 heterocycles. The number of amides is 1. The standard InChI is InChI=1S/C22H27N5O3/c1-12(2)11-27-19-18(21(29)26-22(27)30)15(10-17(25-19)13(3)4)20(28)24-14(5)16-8-6-7-9-23-16/h6-10,12-14H,11H2,1-5H3,(H,24,28)(H,26,29,30). The fraction of sp³-hybridized carbons (Fsp3) is 0.409. The van der Waals surface area contributed by atoms with Crippen LogP contribution in [0.2, 0.25) is 0 Å². The van der Waals surface area contributed by atoms with Crippen molar-refractivity contribution >= 4 is 16.9 Å². The minimum atomic E-state index is -0.617. The van der Waals surface area contributed by atoms with Crippen LogP contribution in [0.5, 0.6) is 0 Å². The van der Waals surface area contributed by atoms with Gasteiger partial charge < -0.3 is 5.32 Å². The molecule has 30 heavy (non-hydrogen) atoms. The average molecular weight is 409 g/mol. The summed E-state index contributed by atoms with van der Waals surface area (Å²) in [5, 5.41) is 3.02. The van der Waals surface area contributed by atoms with E-state index in [1.54, 1.807) is 18.3 Å². The Morgan fingerprint density at radius 1 is 1.13 bits per heavy atom. The Morgan fingerprint density at radius 3 is 2.47 bits per heavy atom. The molecule has 3 rings (SSSR count). The van der Waals surface area contributed by atoms with Gasteiger partial charge in [0.2, 0.25) is 0 Å². The maximum atomic E-state index is 13.2. The van der Waals surface area contributed by atoms with Crippen LogP contribution in [0.25, 0.3) is 11.0 Å². The fourth-order valence-electron chi connectivity index (χ4n) is 3.28. The number of fused-ring (bicyclic) bond motifs is 1. The third-order valence-electron chi connectivity index (χ3n) is 4.83. The number of nitrogens with one attached hydrogen (secondary N) is 2. The number of H-pyrrole nitrogens is 1. The van der Waals surface area contributed by atoms with E-state index in [4.69, 9.17) is 0 Å². The maximum absolute atomic E-state index is 13.2. The lowest BCUT2D eigenvalue weighted by Gasteiger charge is -2.17. The molecule has 2 N–H and O–H groups in total. The van der Waals surface area contributed by atoms with Gasteiger partial charge in [0.15, 0.2) is 5.65 Å². The van der Waals surface area contributed by atoms with E-state index >= 15 is 0 Å². The van der Waals surface area contributed by atoms with Gasteiger partial charge >= 0.3 is 5.69 Å². The molecule has 0 fully saturated rings. The number of pyridine rings is 2. The van der Waals surface area contributed by atoms with Crippen molar-refractivity contribution in [2.24, 2.45) is 5.92 Å². The van der Waals surface area contributed by atoms with Crippen LogP contribution in [-0.4, -0.2) is 25.4 Å². The molecule has 1 unspecified atom stereocenters. The van der Waals surface area contributed by atoms with E-state index in [2.05, 4.69) is 20.3 Å². The smallest absolute Gasteiger partial charge is 0.330 e. The van der Waals surface area contributed by atoms with Crippen LogP contribution in [0, 0.1) is 5.92 Å². The molecular weight excluding hydrogens is 382 g/mol. The van der Waals surface area contributed by atoms with E-state index in [0.29, 0.717) is 17.9 Å². The van der Waals surface area contributed by atoms with E-state index in [1.807, 2.05) is 46.8 Å². The summed E-state index contributed by atoms with van der Waals surface area (Å²) in [6, 6.07) is 6.75. The molecule has 0 bridgehead atoms. The lowest BCUT2D eigenvalue weighted by molar-refractivity contribution is 0.0940. The molecule has 0 saturated carbocycles. The second-order valence-corrected chi connectivity index (χ2v) is 8.16. The zero-order chi connectivity index (χ0) is 22.0. The van der Waals surface area contributed by atoms with Crippen molar-refractivity contribution in [2.75, 3.05) is 0 Å². The zero-order valence-corrected chi connectivity index (χ0v) is 17.9. The van der Waals surface area contributed by atoms with Crippen LogP contribution < -0.4 is 16.6 Å². The number of hydrogen-bond donors (Lipinski definition) is 2. The molecule has 0 aromatic carbocycles. The van der Waals surface area contributed by atoms with Gasteiger partial charge in [0, 0.05) is 18.4 Å². The van der Waals surface area contributed by atoms with Crippen molar-refractivity contribution in [2.45, 2.75) is 53.1 Å². The third kappa shape index (κ3) is 4.32. The van der Waals surface area contributed by atoms with Gasteiger partial charge in [-0.2, -0.15) is 0 Å². The van der Waals surface area contributed by atoms with Crippen molar-refractivity contribution < 1.29 is 4.79 Å². The lowest BCUT2D eigenvalue weighted by atomic mass is 10.0. The van der Waals surface area contributed by atoms with E-state index < -0.39 is 17.2 Å². The highest BCUT2D eigenvalue weighted by atomic mass is 16.2. The second kappa shape index (κ2) is 8.61. The lowest BCUT2D eigenvalue weighted by Crippen LogP contribution is -2.35. The molecule has 0 saturated heterocycles. The van der Waals surface area contributed by atoms with Crippen molar-refractivity contribution in [3.05, 3.63) is 68.3 Å². The van der Waals surface area contributed by atoms with Crippen LogP contribution in [0.3, 0.4) is 0 Å². The predicted octanol–water partition coefficient (Wildman–Crippen LogP) is 2.75. The molecule has 0 aliphatic carbocycles. The van der Waals surface area contributed by atoms with Gasteiger partial charge in [-0.25, -0.2) is 9.78 Å². The minimum absolute atomic E-state index is 0.0102. The molecular formula is C22H27N5O3. The number of hydrogen-bond acceptors (Lipinski definition) is 5.